The molecule has 0 atom stereocenters. The van der Waals surface area contributed by atoms with E-state index >= 15 is 0 Å². The molecule has 2 aromatic heterocycles. The van der Waals surface area contributed by atoms with Crippen LogP contribution in [0.2, 0.25) is 0 Å². The molecular weight excluding hydrogens is 242 g/mol. The average Bonchev–Trinajstić information content (AvgIpc) is 2.39. The van der Waals surface area contributed by atoms with E-state index < -0.39 is 5.97 Å². The molecule has 0 amide bonds. The summed E-state index contributed by atoms with van der Waals surface area (Å²) in [6.07, 6.45) is 5.39. The minimum absolute atomic E-state index is 0.0433. The topological polar surface area (TPSA) is 76.0 Å². The van der Waals surface area contributed by atoms with Crippen LogP contribution in [0.5, 0.6) is 0 Å². The summed E-state index contributed by atoms with van der Waals surface area (Å²) in [5.74, 6) is -0.333. The molecule has 0 unspecified atom stereocenters. The van der Waals surface area contributed by atoms with Gasteiger partial charge >= 0.3 is 5.97 Å². The van der Waals surface area contributed by atoms with Crippen LogP contribution in [0.25, 0.3) is 0 Å². The first-order valence-electron chi connectivity index (χ1n) is 6.06. The smallest absolute Gasteiger partial charge is 0.339 e. The minimum Gasteiger partial charge on any atom is -0.478 e. The zero-order valence-electron chi connectivity index (χ0n) is 10.9. The van der Waals surface area contributed by atoms with Crippen LogP contribution in [-0.2, 0) is 6.42 Å². The van der Waals surface area contributed by atoms with E-state index in [1.165, 1.54) is 6.20 Å². The van der Waals surface area contributed by atoms with Gasteiger partial charge in [0.1, 0.15) is 5.82 Å². The second-order valence-electron chi connectivity index (χ2n) is 4.58. The Kier molecular flexibility index (Phi) is 3.85. The second-order valence-corrected chi connectivity index (χ2v) is 4.58. The Morgan fingerprint density at radius 1 is 1.37 bits per heavy atom. The molecule has 0 spiro atoms. The Bertz CT molecular complexity index is 582. The summed E-state index contributed by atoms with van der Waals surface area (Å²) in [5, 5.41) is 9.11. The summed E-state index contributed by atoms with van der Waals surface area (Å²) < 4.78 is 0. The molecule has 0 bridgehead atoms. The van der Waals surface area contributed by atoms with Crippen LogP contribution >= 0.6 is 0 Å². The zero-order valence-corrected chi connectivity index (χ0v) is 10.9. The molecule has 5 nitrogen and oxygen atoms in total. The van der Waals surface area contributed by atoms with E-state index in [4.69, 9.17) is 5.11 Å². The van der Waals surface area contributed by atoms with Crippen molar-refractivity contribution >= 4 is 5.97 Å². The summed E-state index contributed by atoms with van der Waals surface area (Å²) in [7, 11) is 0. The number of pyridine rings is 1. The van der Waals surface area contributed by atoms with Crippen molar-refractivity contribution in [2.45, 2.75) is 26.2 Å². The van der Waals surface area contributed by atoms with E-state index in [1.54, 1.807) is 12.4 Å². The fourth-order valence-electron chi connectivity index (χ4n) is 1.81. The summed E-state index contributed by atoms with van der Waals surface area (Å²) in [5.41, 5.74) is 1.74. The lowest BCUT2D eigenvalue weighted by Crippen LogP contribution is -2.10. The molecule has 1 N–H and O–H groups in total. The van der Waals surface area contributed by atoms with Crippen molar-refractivity contribution in [3.8, 4) is 0 Å². The molecular formula is C14H15N3O2. The first-order valence-corrected chi connectivity index (χ1v) is 6.06. The molecule has 19 heavy (non-hydrogen) atoms. The molecule has 0 saturated carbocycles. The van der Waals surface area contributed by atoms with Crippen molar-refractivity contribution < 1.29 is 9.90 Å². The van der Waals surface area contributed by atoms with Crippen LogP contribution in [0, 0.1) is 0 Å². The molecule has 0 aliphatic rings. The van der Waals surface area contributed by atoms with Gasteiger partial charge in [0, 0.05) is 25.0 Å². The zero-order chi connectivity index (χ0) is 13.8. The fraction of sp³-hybridized carbons (Fsp3) is 0.286. The van der Waals surface area contributed by atoms with Crippen molar-refractivity contribution in [3.63, 3.8) is 0 Å². The first kappa shape index (κ1) is 13.1. The van der Waals surface area contributed by atoms with E-state index in [1.807, 2.05) is 26.0 Å². The van der Waals surface area contributed by atoms with Gasteiger partial charge in [-0.15, -0.1) is 0 Å². The fourth-order valence-corrected chi connectivity index (χ4v) is 1.81. The second kappa shape index (κ2) is 5.56. The average molecular weight is 257 g/mol. The third kappa shape index (κ3) is 3.13. The number of rotatable bonds is 4. The van der Waals surface area contributed by atoms with Crippen LogP contribution in [0.3, 0.4) is 0 Å². The van der Waals surface area contributed by atoms with Crippen molar-refractivity contribution in [2.24, 2.45) is 0 Å². The van der Waals surface area contributed by atoms with Gasteiger partial charge in [-0.25, -0.2) is 14.8 Å². The summed E-state index contributed by atoms with van der Waals surface area (Å²) in [6, 6.07) is 3.79. The summed E-state index contributed by atoms with van der Waals surface area (Å²) >= 11 is 0. The maximum absolute atomic E-state index is 11.1. The van der Waals surface area contributed by atoms with Gasteiger partial charge in [0.15, 0.2) is 0 Å². The number of nitrogens with zero attached hydrogens (tertiary/aromatic N) is 3. The Morgan fingerprint density at radius 3 is 2.74 bits per heavy atom. The maximum Gasteiger partial charge on any atom is 0.339 e. The van der Waals surface area contributed by atoms with E-state index in [0.717, 1.165) is 5.56 Å². The molecule has 0 saturated heterocycles. The van der Waals surface area contributed by atoms with Gasteiger partial charge in [-0.05, 0) is 17.5 Å². The van der Waals surface area contributed by atoms with E-state index in [-0.39, 0.29) is 11.5 Å². The molecule has 2 rings (SSSR count). The standard InChI is InChI=1S/C14H15N3O2/c1-9(2)13-11(14(18)19)8-16-12(17-13)6-10-4-3-5-15-7-10/h3-5,7-9H,6H2,1-2H3,(H,18,19). The number of aromatic nitrogens is 3. The van der Waals surface area contributed by atoms with E-state index in [0.29, 0.717) is 17.9 Å². The highest BCUT2D eigenvalue weighted by Gasteiger charge is 2.16. The van der Waals surface area contributed by atoms with Crippen LogP contribution < -0.4 is 0 Å². The summed E-state index contributed by atoms with van der Waals surface area (Å²) in [4.78, 5) is 23.6. The van der Waals surface area contributed by atoms with Crippen molar-refractivity contribution in [1.82, 2.24) is 15.0 Å². The molecule has 2 heterocycles. The lowest BCUT2D eigenvalue weighted by molar-refractivity contribution is 0.0694. The number of hydrogen-bond donors (Lipinski definition) is 1. The molecule has 98 valence electrons. The number of carboxylic acids is 1. The van der Waals surface area contributed by atoms with Crippen molar-refractivity contribution in [2.75, 3.05) is 0 Å². The van der Waals surface area contributed by atoms with Crippen molar-refractivity contribution in [3.05, 3.63) is 53.4 Å². The highest BCUT2D eigenvalue weighted by Crippen LogP contribution is 2.17. The normalized spacial score (nSPS) is 10.7. The van der Waals surface area contributed by atoms with Crippen LogP contribution in [0.15, 0.2) is 30.7 Å². The molecule has 0 fully saturated rings. The van der Waals surface area contributed by atoms with Crippen molar-refractivity contribution in [1.29, 1.82) is 0 Å². The number of carboxylic acid groups (broad SMARTS) is 1. The lowest BCUT2D eigenvalue weighted by Gasteiger charge is -2.10. The SMILES string of the molecule is CC(C)c1nc(Cc2cccnc2)ncc1C(=O)O. The predicted molar refractivity (Wildman–Crippen MR) is 70.1 cm³/mol. The van der Waals surface area contributed by atoms with Gasteiger partial charge in [0.25, 0.3) is 0 Å². The van der Waals surface area contributed by atoms with E-state index in [9.17, 15) is 4.79 Å². The number of aromatic carboxylic acids is 1. The van der Waals surface area contributed by atoms with Crippen LogP contribution in [-0.4, -0.2) is 26.0 Å². The van der Waals surface area contributed by atoms with E-state index in [2.05, 4.69) is 15.0 Å². The van der Waals surface area contributed by atoms with Gasteiger partial charge in [-0.2, -0.15) is 0 Å². The monoisotopic (exact) mass is 257 g/mol. The molecule has 0 radical (unpaired) electrons. The molecule has 5 heteroatoms. The van der Waals surface area contributed by atoms with Gasteiger partial charge in [0.05, 0.1) is 11.3 Å². The molecule has 2 aromatic rings. The van der Waals surface area contributed by atoms with Crippen LogP contribution in [0.4, 0.5) is 0 Å². The quantitative estimate of drug-likeness (QED) is 0.909. The number of hydrogen-bond acceptors (Lipinski definition) is 4. The van der Waals surface area contributed by atoms with Crippen LogP contribution in [0.1, 0.15) is 47.2 Å². The lowest BCUT2D eigenvalue weighted by atomic mass is 10.0. The number of carbonyl (C=O) groups is 1. The molecule has 0 aliphatic carbocycles. The first-order chi connectivity index (χ1) is 9.08. The molecule has 0 aliphatic heterocycles. The third-order valence-electron chi connectivity index (χ3n) is 2.73. The highest BCUT2D eigenvalue weighted by atomic mass is 16.4. The predicted octanol–water partition coefficient (Wildman–Crippen LogP) is 2.28. The van der Waals surface area contributed by atoms with Gasteiger partial charge in [0.2, 0.25) is 0 Å². The van der Waals surface area contributed by atoms with Gasteiger partial charge < -0.3 is 5.11 Å². The largest absolute Gasteiger partial charge is 0.478 e. The van der Waals surface area contributed by atoms with Gasteiger partial charge in [-0.1, -0.05) is 19.9 Å². The highest BCUT2D eigenvalue weighted by molar-refractivity contribution is 5.88. The third-order valence-corrected chi connectivity index (χ3v) is 2.73. The Labute approximate surface area is 111 Å². The van der Waals surface area contributed by atoms with Gasteiger partial charge in [-0.3, -0.25) is 4.98 Å². The Hall–Kier alpha value is -2.30. The maximum atomic E-state index is 11.1. The minimum atomic E-state index is -0.989. The Balaban J connectivity index is 2.33. The Morgan fingerprint density at radius 2 is 2.16 bits per heavy atom. The summed E-state index contributed by atoms with van der Waals surface area (Å²) in [6.45, 7) is 3.84. The molecule has 0 aromatic carbocycles.